The third-order valence-electron chi connectivity index (χ3n) is 3.76. The Hall–Kier alpha value is -3.55. The van der Waals surface area contributed by atoms with Crippen LogP contribution in [-0.2, 0) is 6.54 Å². The van der Waals surface area contributed by atoms with Crippen LogP contribution >= 0.6 is 0 Å². The van der Waals surface area contributed by atoms with E-state index in [1.165, 1.54) is 0 Å². The Morgan fingerprint density at radius 3 is 2.68 bits per heavy atom. The minimum Gasteiger partial charge on any atom is -0.497 e. The molecule has 4 aromatic rings. The molecule has 0 aliphatic carbocycles. The number of H-pyrrole nitrogens is 1. The van der Waals surface area contributed by atoms with Crippen LogP contribution in [0.4, 0.5) is 5.95 Å². The highest BCUT2D eigenvalue weighted by atomic mass is 16.5. The lowest BCUT2D eigenvalue weighted by molar-refractivity contribution is 0.414. The maximum atomic E-state index is 5.80. The molecule has 0 spiro atoms. The fraction of sp³-hybridized carbons (Fsp3) is 0.118. The summed E-state index contributed by atoms with van der Waals surface area (Å²) in [5, 5.41) is 10.9. The van der Waals surface area contributed by atoms with Crippen LogP contribution in [0.1, 0.15) is 5.56 Å². The number of methoxy groups -OCH3 is 1. The summed E-state index contributed by atoms with van der Waals surface area (Å²) in [5.74, 6) is 2.78. The second-order valence-electron chi connectivity index (χ2n) is 5.48. The van der Waals surface area contributed by atoms with Gasteiger partial charge in [0.2, 0.25) is 5.95 Å². The molecule has 3 heterocycles. The third kappa shape index (κ3) is 3.09. The molecule has 0 aliphatic rings. The number of benzene rings is 1. The molecule has 8 heteroatoms. The van der Waals surface area contributed by atoms with Gasteiger partial charge in [0.1, 0.15) is 11.5 Å². The monoisotopic (exact) mass is 336 g/mol. The number of rotatable bonds is 5. The van der Waals surface area contributed by atoms with Crippen molar-refractivity contribution in [3.63, 3.8) is 0 Å². The minimum atomic E-state index is 0.181. The van der Waals surface area contributed by atoms with Crippen molar-refractivity contribution in [1.29, 1.82) is 0 Å². The van der Waals surface area contributed by atoms with Crippen LogP contribution in [-0.4, -0.2) is 32.1 Å². The lowest BCUT2D eigenvalue weighted by atomic mass is 10.2. The number of aromatic amines is 1. The fourth-order valence-corrected chi connectivity index (χ4v) is 2.50. The van der Waals surface area contributed by atoms with Crippen LogP contribution in [0.3, 0.4) is 0 Å². The highest BCUT2D eigenvalue weighted by Crippen LogP contribution is 2.26. The highest BCUT2D eigenvalue weighted by Gasteiger charge is 2.11. The number of aromatic nitrogens is 5. The van der Waals surface area contributed by atoms with Gasteiger partial charge in [-0.25, -0.2) is 0 Å². The Labute approximate surface area is 143 Å². The van der Waals surface area contributed by atoms with Crippen molar-refractivity contribution >= 4 is 5.95 Å². The summed E-state index contributed by atoms with van der Waals surface area (Å²) in [7, 11) is 1.65. The average molecular weight is 336 g/mol. The molecule has 0 bridgehead atoms. The van der Waals surface area contributed by atoms with Gasteiger partial charge in [0.05, 0.1) is 25.4 Å². The molecule has 0 unspecified atom stereocenters. The zero-order valence-electron chi connectivity index (χ0n) is 13.5. The number of nitrogen functional groups attached to an aromatic ring is 1. The van der Waals surface area contributed by atoms with Crippen LogP contribution in [0, 0.1) is 0 Å². The van der Waals surface area contributed by atoms with Crippen LogP contribution in [0.15, 0.2) is 53.2 Å². The SMILES string of the molecule is COc1ccc(Cn2cc(-c3ccc(-c4nc(N)n[nH]4)o3)cn2)cc1. The Balaban J connectivity index is 1.52. The van der Waals surface area contributed by atoms with Gasteiger partial charge < -0.3 is 14.9 Å². The van der Waals surface area contributed by atoms with E-state index in [-0.39, 0.29) is 5.95 Å². The average Bonchev–Trinajstić information content (AvgIpc) is 3.35. The molecule has 0 saturated carbocycles. The van der Waals surface area contributed by atoms with Crippen LogP contribution < -0.4 is 10.5 Å². The third-order valence-corrected chi connectivity index (χ3v) is 3.76. The van der Waals surface area contributed by atoms with E-state index >= 15 is 0 Å². The van der Waals surface area contributed by atoms with Crippen molar-refractivity contribution in [2.75, 3.05) is 12.8 Å². The van der Waals surface area contributed by atoms with Crippen molar-refractivity contribution in [3.8, 4) is 28.7 Å². The zero-order chi connectivity index (χ0) is 17.2. The molecule has 0 saturated heterocycles. The Morgan fingerprint density at radius 1 is 1.16 bits per heavy atom. The Morgan fingerprint density at radius 2 is 1.96 bits per heavy atom. The van der Waals surface area contributed by atoms with Gasteiger partial charge in [-0.3, -0.25) is 9.78 Å². The van der Waals surface area contributed by atoms with Gasteiger partial charge in [-0.2, -0.15) is 10.1 Å². The lowest BCUT2D eigenvalue weighted by Gasteiger charge is -2.03. The number of hydrogen-bond acceptors (Lipinski definition) is 6. The maximum absolute atomic E-state index is 5.80. The quantitative estimate of drug-likeness (QED) is 0.580. The molecule has 0 fully saturated rings. The number of nitrogens with two attached hydrogens (primary N) is 1. The van der Waals surface area contributed by atoms with Crippen molar-refractivity contribution < 1.29 is 9.15 Å². The summed E-state index contributed by atoms with van der Waals surface area (Å²) in [6.07, 6.45) is 3.70. The predicted octanol–water partition coefficient (Wildman–Crippen LogP) is 2.57. The van der Waals surface area contributed by atoms with Gasteiger partial charge in [-0.15, -0.1) is 5.10 Å². The van der Waals surface area contributed by atoms with Crippen molar-refractivity contribution in [2.45, 2.75) is 6.54 Å². The first kappa shape index (κ1) is 15.0. The highest BCUT2D eigenvalue weighted by molar-refractivity contribution is 5.60. The molecule has 4 rings (SSSR count). The van der Waals surface area contributed by atoms with Gasteiger partial charge in [0.15, 0.2) is 11.6 Å². The molecular weight excluding hydrogens is 320 g/mol. The summed E-state index contributed by atoms with van der Waals surface area (Å²) in [6, 6.07) is 11.6. The molecular formula is C17H16N6O2. The number of nitrogens with one attached hydrogen (secondary N) is 1. The van der Waals surface area contributed by atoms with Gasteiger partial charge >= 0.3 is 0 Å². The first-order valence-corrected chi connectivity index (χ1v) is 7.65. The first-order valence-electron chi connectivity index (χ1n) is 7.65. The molecule has 3 N–H and O–H groups in total. The summed E-state index contributed by atoms with van der Waals surface area (Å²) in [4.78, 5) is 4.05. The Bertz CT molecular complexity index is 983. The first-order chi connectivity index (χ1) is 12.2. The van der Waals surface area contributed by atoms with E-state index in [9.17, 15) is 0 Å². The zero-order valence-corrected chi connectivity index (χ0v) is 13.5. The van der Waals surface area contributed by atoms with E-state index in [4.69, 9.17) is 14.9 Å². The van der Waals surface area contributed by atoms with E-state index in [0.29, 0.717) is 23.9 Å². The topological polar surface area (TPSA) is 108 Å². The number of furan rings is 1. The minimum absolute atomic E-state index is 0.181. The standard InChI is InChI=1S/C17H16N6O2/c1-24-13-4-2-11(3-5-13)9-23-10-12(8-19-23)14-6-7-15(25-14)16-20-17(18)22-21-16/h2-8,10H,9H2,1H3,(H3,18,20,21,22). The maximum Gasteiger partial charge on any atom is 0.239 e. The summed E-state index contributed by atoms with van der Waals surface area (Å²) in [5.41, 5.74) is 7.53. The second kappa shape index (κ2) is 6.16. The molecule has 3 aromatic heterocycles. The van der Waals surface area contributed by atoms with E-state index in [0.717, 1.165) is 16.9 Å². The molecule has 0 radical (unpaired) electrons. The summed E-state index contributed by atoms with van der Waals surface area (Å²) < 4.78 is 12.8. The largest absolute Gasteiger partial charge is 0.497 e. The number of hydrogen-bond donors (Lipinski definition) is 2. The lowest BCUT2D eigenvalue weighted by Crippen LogP contribution is -1.99. The molecule has 0 amide bonds. The summed E-state index contributed by atoms with van der Waals surface area (Å²) in [6.45, 7) is 0.663. The Kier molecular flexibility index (Phi) is 3.70. The number of anilines is 1. The molecule has 126 valence electrons. The van der Waals surface area contributed by atoms with Crippen molar-refractivity contribution in [3.05, 3.63) is 54.4 Å². The van der Waals surface area contributed by atoms with Crippen LogP contribution in [0.2, 0.25) is 0 Å². The van der Waals surface area contributed by atoms with Gasteiger partial charge in [0, 0.05) is 6.20 Å². The molecule has 0 atom stereocenters. The molecule has 25 heavy (non-hydrogen) atoms. The molecule has 0 aliphatic heterocycles. The van der Waals surface area contributed by atoms with Crippen molar-refractivity contribution in [2.24, 2.45) is 0 Å². The predicted molar refractivity (Wildman–Crippen MR) is 91.8 cm³/mol. The summed E-state index contributed by atoms with van der Waals surface area (Å²) >= 11 is 0. The van der Waals surface area contributed by atoms with Gasteiger partial charge in [-0.1, -0.05) is 12.1 Å². The molecule has 8 nitrogen and oxygen atoms in total. The van der Waals surface area contributed by atoms with Crippen molar-refractivity contribution in [1.82, 2.24) is 25.0 Å². The van der Waals surface area contributed by atoms with E-state index in [1.54, 1.807) is 13.3 Å². The molecule has 1 aromatic carbocycles. The van der Waals surface area contributed by atoms with Gasteiger partial charge in [0.25, 0.3) is 0 Å². The van der Waals surface area contributed by atoms with E-state index in [2.05, 4.69) is 20.3 Å². The van der Waals surface area contributed by atoms with E-state index in [1.807, 2.05) is 47.3 Å². The fourth-order valence-electron chi connectivity index (χ4n) is 2.50. The smallest absolute Gasteiger partial charge is 0.239 e. The van der Waals surface area contributed by atoms with Crippen LogP contribution in [0.5, 0.6) is 5.75 Å². The van der Waals surface area contributed by atoms with E-state index < -0.39 is 0 Å². The van der Waals surface area contributed by atoms with Gasteiger partial charge in [-0.05, 0) is 29.8 Å². The second-order valence-corrected chi connectivity index (χ2v) is 5.48. The van der Waals surface area contributed by atoms with Crippen LogP contribution in [0.25, 0.3) is 22.9 Å². The number of nitrogens with zero attached hydrogens (tertiary/aromatic N) is 4. The number of ether oxygens (including phenoxy) is 1. The normalized spacial score (nSPS) is 10.9.